The van der Waals surface area contributed by atoms with Crippen molar-refractivity contribution in [2.75, 3.05) is 13.7 Å². The molecule has 0 saturated heterocycles. The molecule has 0 radical (unpaired) electrons. The lowest BCUT2D eigenvalue weighted by atomic mass is 10.2. The van der Waals surface area contributed by atoms with Gasteiger partial charge in [0.05, 0.1) is 18.3 Å². The van der Waals surface area contributed by atoms with Gasteiger partial charge in [-0.1, -0.05) is 17.7 Å². The molecule has 12 heavy (non-hydrogen) atoms. The van der Waals surface area contributed by atoms with Gasteiger partial charge in [-0.05, 0) is 12.1 Å². The molecular weight excluding hydrogens is 176 g/mol. The molecule has 0 aliphatic carbocycles. The van der Waals surface area contributed by atoms with E-state index in [2.05, 4.69) is 4.98 Å². The van der Waals surface area contributed by atoms with Gasteiger partial charge in [-0.15, -0.1) is 0 Å². The van der Waals surface area contributed by atoms with Crippen LogP contribution < -0.4 is 5.73 Å². The summed E-state index contributed by atoms with van der Waals surface area (Å²) in [6.45, 7) is 0.452. The second kappa shape index (κ2) is 4.40. The number of nitrogens with zero attached hydrogens (tertiary/aromatic N) is 1. The largest absolute Gasteiger partial charge is 0.383 e. The molecule has 2 N–H and O–H groups in total. The molecule has 0 aromatic carbocycles. The van der Waals surface area contributed by atoms with Crippen molar-refractivity contribution in [3.8, 4) is 0 Å². The minimum atomic E-state index is -0.200. The second-order valence-electron chi connectivity index (χ2n) is 2.45. The number of aromatic nitrogens is 1. The second-order valence-corrected chi connectivity index (χ2v) is 2.83. The molecule has 1 heterocycles. The maximum absolute atomic E-state index is 5.73. The number of pyridine rings is 1. The van der Waals surface area contributed by atoms with Crippen LogP contribution in [0.4, 0.5) is 0 Å². The normalized spacial score (nSPS) is 12.9. The first kappa shape index (κ1) is 9.45. The molecule has 1 unspecified atom stereocenters. The Morgan fingerprint density at radius 2 is 2.42 bits per heavy atom. The van der Waals surface area contributed by atoms with Crippen LogP contribution in [0.25, 0.3) is 0 Å². The maximum atomic E-state index is 5.73. The lowest BCUT2D eigenvalue weighted by Gasteiger charge is -2.08. The van der Waals surface area contributed by atoms with Gasteiger partial charge >= 0.3 is 0 Å². The van der Waals surface area contributed by atoms with Crippen LogP contribution in [-0.2, 0) is 4.74 Å². The van der Waals surface area contributed by atoms with Crippen molar-refractivity contribution in [1.82, 2.24) is 4.98 Å². The Morgan fingerprint density at radius 3 is 3.00 bits per heavy atom. The predicted octanol–water partition coefficient (Wildman–Crippen LogP) is 1.38. The zero-order chi connectivity index (χ0) is 8.97. The van der Waals surface area contributed by atoms with Gasteiger partial charge in [0.2, 0.25) is 0 Å². The van der Waals surface area contributed by atoms with Crippen LogP contribution in [-0.4, -0.2) is 18.7 Å². The zero-order valence-electron chi connectivity index (χ0n) is 6.83. The van der Waals surface area contributed by atoms with E-state index >= 15 is 0 Å². The smallest absolute Gasteiger partial charge is 0.129 e. The number of hydrogen-bond donors (Lipinski definition) is 1. The van der Waals surface area contributed by atoms with Crippen molar-refractivity contribution in [3.05, 3.63) is 29.0 Å². The van der Waals surface area contributed by atoms with Crippen LogP contribution in [0.5, 0.6) is 0 Å². The minimum absolute atomic E-state index is 0.200. The van der Waals surface area contributed by atoms with Crippen molar-refractivity contribution in [2.24, 2.45) is 5.73 Å². The van der Waals surface area contributed by atoms with E-state index in [0.717, 1.165) is 5.69 Å². The summed E-state index contributed by atoms with van der Waals surface area (Å²) in [5.74, 6) is 0. The average molecular weight is 187 g/mol. The van der Waals surface area contributed by atoms with Gasteiger partial charge < -0.3 is 10.5 Å². The summed E-state index contributed by atoms with van der Waals surface area (Å²) in [5.41, 5.74) is 6.48. The molecule has 66 valence electrons. The summed E-state index contributed by atoms with van der Waals surface area (Å²) in [4.78, 5) is 4.05. The van der Waals surface area contributed by atoms with Crippen molar-refractivity contribution >= 4 is 11.6 Å². The third-order valence-corrected chi connectivity index (χ3v) is 1.67. The fourth-order valence-electron chi connectivity index (χ4n) is 0.895. The van der Waals surface area contributed by atoms with Gasteiger partial charge in [0.15, 0.2) is 0 Å². The Labute approximate surface area is 76.5 Å². The molecule has 0 bridgehead atoms. The van der Waals surface area contributed by atoms with E-state index in [4.69, 9.17) is 22.1 Å². The summed E-state index contributed by atoms with van der Waals surface area (Å²) in [5, 5.41) is 0.457. The molecule has 4 heteroatoms. The zero-order valence-corrected chi connectivity index (χ0v) is 7.58. The van der Waals surface area contributed by atoms with E-state index in [-0.39, 0.29) is 6.04 Å². The van der Waals surface area contributed by atoms with Crippen molar-refractivity contribution in [3.63, 3.8) is 0 Å². The van der Waals surface area contributed by atoms with Crippen LogP contribution in [0.1, 0.15) is 11.7 Å². The third kappa shape index (κ3) is 2.44. The predicted molar refractivity (Wildman–Crippen MR) is 48.1 cm³/mol. The maximum Gasteiger partial charge on any atom is 0.129 e. The first-order valence-corrected chi connectivity index (χ1v) is 3.99. The number of hydrogen-bond acceptors (Lipinski definition) is 3. The Balaban J connectivity index is 2.73. The molecule has 1 aromatic rings. The summed E-state index contributed by atoms with van der Waals surface area (Å²) in [6.07, 6.45) is 0. The van der Waals surface area contributed by atoms with E-state index in [9.17, 15) is 0 Å². The van der Waals surface area contributed by atoms with Crippen molar-refractivity contribution < 1.29 is 4.74 Å². The van der Waals surface area contributed by atoms with Gasteiger partial charge in [0.1, 0.15) is 5.15 Å². The first-order chi connectivity index (χ1) is 5.74. The van der Waals surface area contributed by atoms with E-state index < -0.39 is 0 Å². The number of nitrogens with two attached hydrogens (primary N) is 1. The molecule has 0 spiro atoms. The monoisotopic (exact) mass is 186 g/mol. The molecule has 3 nitrogen and oxygen atoms in total. The topological polar surface area (TPSA) is 48.1 Å². The highest BCUT2D eigenvalue weighted by molar-refractivity contribution is 6.29. The van der Waals surface area contributed by atoms with Crippen LogP contribution in [0.15, 0.2) is 18.2 Å². The standard InChI is InChI=1S/C8H11ClN2O/c1-12-5-6(10)7-3-2-4-8(9)11-7/h2-4,6H,5,10H2,1H3. The van der Waals surface area contributed by atoms with Gasteiger partial charge in [-0.3, -0.25) is 0 Å². The molecule has 1 aromatic heterocycles. The summed E-state index contributed by atoms with van der Waals surface area (Å²) in [7, 11) is 1.60. The molecule has 0 fully saturated rings. The van der Waals surface area contributed by atoms with Gasteiger partial charge in [-0.2, -0.15) is 0 Å². The van der Waals surface area contributed by atoms with E-state index in [1.54, 1.807) is 13.2 Å². The number of ether oxygens (including phenoxy) is 1. The van der Waals surface area contributed by atoms with E-state index in [0.29, 0.717) is 11.8 Å². The van der Waals surface area contributed by atoms with Crippen LogP contribution >= 0.6 is 11.6 Å². The number of rotatable bonds is 3. The highest BCUT2D eigenvalue weighted by Crippen LogP contribution is 2.10. The van der Waals surface area contributed by atoms with Crippen LogP contribution in [0, 0.1) is 0 Å². The Bertz CT molecular complexity index is 255. The number of halogens is 1. The minimum Gasteiger partial charge on any atom is -0.383 e. The summed E-state index contributed by atoms with van der Waals surface area (Å²) >= 11 is 5.68. The summed E-state index contributed by atoms with van der Waals surface area (Å²) < 4.78 is 4.89. The molecule has 1 atom stereocenters. The fourth-order valence-corrected chi connectivity index (χ4v) is 1.07. The Kier molecular flexibility index (Phi) is 3.47. The summed E-state index contributed by atoms with van der Waals surface area (Å²) in [6, 6.07) is 5.16. The van der Waals surface area contributed by atoms with Crippen molar-refractivity contribution in [2.45, 2.75) is 6.04 Å². The molecular formula is C8H11ClN2O. The highest BCUT2D eigenvalue weighted by atomic mass is 35.5. The van der Waals surface area contributed by atoms with Crippen LogP contribution in [0.3, 0.4) is 0 Å². The van der Waals surface area contributed by atoms with Crippen LogP contribution in [0.2, 0.25) is 5.15 Å². The Hall–Kier alpha value is -0.640. The first-order valence-electron chi connectivity index (χ1n) is 3.61. The lowest BCUT2D eigenvalue weighted by Crippen LogP contribution is -2.17. The van der Waals surface area contributed by atoms with Gasteiger partial charge in [0.25, 0.3) is 0 Å². The average Bonchev–Trinajstić information content (AvgIpc) is 2.05. The lowest BCUT2D eigenvalue weighted by molar-refractivity contribution is 0.179. The SMILES string of the molecule is COCC(N)c1cccc(Cl)n1. The fraction of sp³-hybridized carbons (Fsp3) is 0.375. The number of methoxy groups -OCH3 is 1. The molecule has 0 aliphatic rings. The van der Waals surface area contributed by atoms with E-state index in [1.165, 1.54) is 0 Å². The molecule has 1 rings (SSSR count). The van der Waals surface area contributed by atoms with E-state index in [1.807, 2.05) is 12.1 Å². The third-order valence-electron chi connectivity index (χ3n) is 1.46. The Morgan fingerprint density at radius 1 is 1.67 bits per heavy atom. The highest BCUT2D eigenvalue weighted by Gasteiger charge is 2.06. The van der Waals surface area contributed by atoms with Gasteiger partial charge in [-0.25, -0.2) is 4.98 Å². The molecule has 0 aliphatic heterocycles. The van der Waals surface area contributed by atoms with Gasteiger partial charge in [0, 0.05) is 7.11 Å². The molecule has 0 saturated carbocycles. The molecule has 0 amide bonds. The quantitative estimate of drug-likeness (QED) is 0.726. The van der Waals surface area contributed by atoms with Crippen molar-refractivity contribution in [1.29, 1.82) is 0 Å².